The third-order valence-electron chi connectivity index (χ3n) is 4.16. The van der Waals surface area contributed by atoms with E-state index in [0.717, 1.165) is 0 Å². The number of amides is 1. The Balaban J connectivity index is 1.73. The first-order valence-electron chi connectivity index (χ1n) is 8.03. The van der Waals surface area contributed by atoms with Gasteiger partial charge in [-0.05, 0) is 19.1 Å². The molecule has 1 saturated heterocycles. The Kier molecular flexibility index (Phi) is 5.51. The molecule has 0 atom stereocenters. The zero-order valence-corrected chi connectivity index (χ0v) is 15.3. The summed E-state index contributed by atoms with van der Waals surface area (Å²) in [5, 5.41) is 1.08. The zero-order valence-electron chi connectivity index (χ0n) is 13.8. The van der Waals surface area contributed by atoms with Gasteiger partial charge in [0, 0.05) is 43.3 Å². The van der Waals surface area contributed by atoms with Gasteiger partial charge in [0.1, 0.15) is 0 Å². The highest BCUT2D eigenvalue weighted by Gasteiger charge is 2.23. The van der Waals surface area contributed by atoms with E-state index in [1.165, 1.54) is 6.26 Å². The van der Waals surface area contributed by atoms with Crippen LogP contribution in [0.3, 0.4) is 0 Å². The van der Waals surface area contributed by atoms with E-state index < -0.39 is 0 Å². The van der Waals surface area contributed by atoms with Crippen molar-refractivity contribution < 1.29 is 13.9 Å². The number of rotatable bonds is 3. The highest BCUT2D eigenvalue weighted by molar-refractivity contribution is 6.38. The van der Waals surface area contributed by atoms with Gasteiger partial charge in [0.05, 0.1) is 23.3 Å². The summed E-state index contributed by atoms with van der Waals surface area (Å²) in [6, 6.07) is 3.11. The maximum Gasteiger partial charge on any atom is 0.409 e. The predicted molar refractivity (Wildman–Crippen MR) is 96.4 cm³/mol. The summed E-state index contributed by atoms with van der Waals surface area (Å²) in [4.78, 5) is 28.2. The quantitative estimate of drug-likeness (QED) is 0.811. The molecule has 0 aliphatic carbocycles. The van der Waals surface area contributed by atoms with Crippen molar-refractivity contribution in [2.75, 3.05) is 32.8 Å². The average molecular weight is 385 g/mol. The number of hydrogen-bond acceptors (Lipinski definition) is 5. The molecule has 0 N–H and O–H groups in total. The predicted octanol–water partition coefficient (Wildman–Crippen LogP) is 3.37. The fourth-order valence-electron chi connectivity index (χ4n) is 2.86. The van der Waals surface area contributed by atoms with E-state index >= 15 is 0 Å². The van der Waals surface area contributed by atoms with Crippen molar-refractivity contribution in [2.24, 2.45) is 0 Å². The largest absolute Gasteiger partial charge is 0.462 e. The number of halogens is 2. The summed E-state index contributed by atoms with van der Waals surface area (Å²) in [5.74, 6) is 0. The molecule has 2 aromatic rings. The van der Waals surface area contributed by atoms with Crippen molar-refractivity contribution >= 4 is 40.3 Å². The van der Waals surface area contributed by atoms with Crippen molar-refractivity contribution in [3.8, 4) is 0 Å². The maximum absolute atomic E-state index is 12.7. The molecule has 3 rings (SSSR count). The first-order valence-corrected chi connectivity index (χ1v) is 8.78. The van der Waals surface area contributed by atoms with Gasteiger partial charge in [-0.25, -0.2) is 4.79 Å². The lowest BCUT2D eigenvalue weighted by Gasteiger charge is -2.33. The topological polar surface area (TPSA) is 63.0 Å². The highest BCUT2D eigenvalue weighted by Crippen LogP contribution is 2.26. The molecule has 1 aliphatic rings. The van der Waals surface area contributed by atoms with E-state index in [0.29, 0.717) is 65.9 Å². The second-order valence-corrected chi connectivity index (χ2v) is 6.66. The van der Waals surface area contributed by atoms with Crippen LogP contribution in [0.15, 0.2) is 27.6 Å². The van der Waals surface area contributed by atoms with E-state index in [2.05, 4.69) is 4.90 Å². The van der Waals surface area contributed by atoms with Crippen LogP contribution in [0.4, 0.5) is 4.79 Å². The Morgan fingerprint density at radius 3 is 2.64 bits per heavy atom. The van der Waals surface area contributed by atoms with Crippen LogP contribution in [0.1, 0.15) is 12.5 Å². The molecular weight excluding hydrogens is 367 g/mol. The Morgan fingerprint density at radius 2 is 1.96 bits per heavy atom. The lowest BCUT2D eigenvalue weighted by molar-refractivity contribution is 0.0776. The van der Waals surface area contributed by atoms with Crippen LogP contribution in [0.5, 0.6) is 0 Å². The fraction of sp³-hybridized carbons (Fsp3) is 0.412. The molecule has 1 aliphatic heterocycles. The van der Waals surface area contributed by atoms with Crippen LogP contribution in [-0.2, 0) is 11.3 Å². The number of carbonyl (C=O) groups is 1. The smallest absolute Gasteiger partial charge is 0.409 e. The Bertz CT molecular complexity index is 844. The van der Waals surface area contributed by atoms with Gasteiger partial charge in [-0.2, -0.15) is 0 Å². The summed E-state index contributed by atoms with van der Waals surface area (Å²) in [7, 11) is 0. The van der Waals surface area contributed by atoms with Crippen molar-refractivity contribution in [1.29, 1.82) is 0 Å². The lowest BCUT2D eigenvalue weighted by Crippen LogP contribution is -2.48. The molecule has 1 fully saturated rings. The normalized spacial score (nSPS) is 15.6. The van der Waals surface area contributed by atoms with Gasteiger partial charge in [-0.1, -0.05) is 23.2 Å². The fourth-order valence-corrected chi connectivity index (χ4v) is 3.40. The number of benzene rings is 1. The number of piperazine rings is 1. The summed E-state index contributed by atoms with van der Waals surface area (Å²) in [6.07, 6.45) is 1.15. The molecule has 0 unspecified atom stereocenters. The second kappa shape index (κ2) is 7.64. The first kappa shape index (κ1) is 18.0. The van der Waals surface area contributed by atoms with E-state index in [9.17, 15) is 9.59 Å². The van der Waals surface area contributed by atoms with Gasteiger partial charge in [0.25, 0.3) is 0 Å². The number of carbonyl (C=O) groups excluding carboxylic acids is 1. The first-order chi connectivity index (χ1) is 12.0. The molecular formula is C17H18Cl2N2O4. The summed E-state index contributed by atoms with van der Waals surface area (Å²) >= 11 is 12.1. The second-order valence-electron chi connectivity index (χ2n) is 5.82. The van der Waals surface area contributed by atoms with E-state index in [-0.39, 0.29) is 11.5 Å². The molecule has 1 aromatic heterocycles. The minimum atomic E-state index is -0.295. The molecule has 6 nitrogen and oxygen atoms in total. The molecule has 0 radical (unpaired) electrons. The Hall–Kier alpha value is -1.76. The number of ether oxygens (including phenoxy) is 1. The van der Waals surface area contributed by atoms with Gasteiger partial charge < -0.3 is 14.1 Å². The van der Waals surface area contributed by atoms with E-state index in [1.54, 1.807) is 24.0 Å². The summed E-state index contributed by atoms with van der Waals surface area (Å²) in [6.45, 7) is 5.04. The monoisotopic (exact) mass is 384 g/mol. The Labute approximate surface area is 154 Å². The molecule has 0 bridgehead atoms. The summed E-state index contributed by atoms with van der Waals surface area (Å²) in [5.41, 5.74) is 0.737. The average Bonchev–Trinajstić information content (AvgIpc) is 2.58. The van der Waals surface area contributed by atoms with Crippen molar-refractivity contribution in [3.63, 3.8) is 0 Å². The van der Waals surface area contributed by atoms with Crippen LogP contribution in [0.25, 0.3) is 11.0 Å². The van der Waals surface area contributed by atoms with E-state index in [1.807, 2.05) is 0 Å². The molecule has 1 aromatic carbocycles. The highest BCUT2D eigenvalue weighted by atomic mass is 35.5. The maximum atomic E-state index is 12.7. The SMILES string of the molecule is CCOC(=O)N1CCN(Cc2coc3c(Cl)cc(Cl)cc3c2=O)CC1. The molecule has 134 valence electrons. The Morgan fingerprint density at radius 1 is 1.24 bits per heavy atom. The minimum absolute atomic E-state index is 0.140. The van der Waals surface area contributed by atoms with Crippen LogP contribution in [-0.4, -0.2) is 48.7 Å². The van der Waals surface area contributed by atoms with Crippen molar-refractivity contribution in [1.82, 2.24) is 9.80 Å². The van der Waals surface area contributed by atoms with E-state index in [4.69, 9.17) is 32.4 Å². The molecule has 2 heterocycles. The lowest BCUT2D eigenvalue weighted by atomic mass is 10.1. The summed E-state index contributed by atoms with van der Waals surface area (Å²) < 4.78 is 10.5. The zero-order chi connectivity index (χ0) is 18.0. The molecule has 0 saturated carbocycles. The van der Waals surface area contributed by atoms with Crippen LogP contribution < -0.4 is 5.43 Å². The number of fused-ring (bicyclic) bond motifs is 1. The third-order valence-corrected chi connectivity index (χ3v) is 4.65. The van der Waals surface area contributed by atoms with Gasteiger partial charge >= 0.3 is 6.09 Å². The van der Waals surface area contributed by atoms with Crippen LogP contribution >= 0.6 is 23.2 Å². The molecule has 1 amide bonds. The van der Waals surface area contributed by atoms with Gasteiger partial charge in [0.2, 0.25) is 0 Å². The van der Waals surface area contributed by atoms with Gasteiger partial charge in [-0.3, -0.25) is 9.69 Å². The standard InChI is InChI=1S/C17H18Cl2N2O4/c1-2-24-17(23)21-5-3-20(4-6-21)9-11-10-25-16-13(15(11)22)7-12(18)8-14(16)19/h7-8,10H,2-6,9H2,1H3. The molecule has 25 heavy (non-hydrogen) atoms. The van der Waals surface area contributed by atoms with Crippen molar-refractivity contribution in [3.05, 3.63) is 44.2 Å². The van der Waals surface area contributed by atoms with Gasteiger partial charge in [-0.15, -0.1) is 0 Å². The van der Waals surface area contributed by atoms with Gasteiger partial charge in [0.15, 0.2) is 11.0 Å². The van der Waals surface area contributed by atoms with Crippen LogP contribution in [0.2, 0.25) is 10.0 Å². The number of nitrogens with zero attached hydrogens (tertiary/aromatic N) is 2. The minimum Gasteiger partial charge on any atom is -0.462 e. The van der Waals surface area contributed by atoms with Crippen molar-refractivity contribution in [2.45, 2.75) is 13.5 Å². The molecule has 0 spiro atoms. The molecule has 8 heteroatoms. The number of hydrogen-bond donors (Lipinski definition) is 0. The van der Waals surface area contributed by atoms with Crippen LogP contribution in [0, 0.1) is 0 Å². The third kappa shape index (κ3) is 3.92.